The minimum atomic E-state index is -0.182. The van der Waals surface area contributed by atoms with Crippen molar-refractivity contribution in [3.05, 3.63) is 62.4 Å². The standard InChI is InChI=1S/C22H21Cl2NO3/c1-13-4-2-3-9-25(13)11-17-20(26)8-7-16-21(27)18(12-28-22(16)17)15-6-5-14(23)10-19(15)24/h5-8,10,12-13,26H,2-4,9,11H2,1H3/t13-/m1/s1. The van der Waals surface area contributed by atoms with Crippen LogP contribution in [0.2, 0.25) is 10.0 Å². The molecule has 0 spiro atoms. The molecule has 3 aromatic rings. The molecule has 28 heavy (non-hydrogen) atoms. The third-order valence-corrected chi connectivity index (χ3v) is 6.09. The first-order valence-electron chi connectivity index (χ1n) is 9.41. The van der Waals surface area contributed by atoms with Gasteiger partial charge in [0.05, 0.1) is 21.5 Å². The van der Waals surface area contributed by atoms with E-state index in [0.717, 1.165) is 19.4 Å². The van der Waals surface area contributed by atoms with E-state index in [-0.39, 0.29) is 11.2 Å². The highest BCUT2D eigenvalue weighted by Crippen LogP contribution is 2.33. The Balaban J connectivity index is 1.82. The number of phenols is 1. The molecule has 1 saturated heterocycles. The molecule has 0 saturated carbocycles. The van der Waals surface area contributed by atoms with Crippen molar-refractivity contribution < 1.29 is 9.52 Å². The maximum atomic E-state index is 13.1. The summed E-state index contributed by atoms with van der Waals surface area (Å²) in [6.07, 6.45) is 4.91. The van der Waals surface area contributed by atoms with Gasteiger partial charge in [0, 0.05) is 23.2 Å². The highest BCUT2D eigenvalue weighted by Gasteiger charge is 2.22. The third kappa shape index (κ3) is 3.52. The molecule has 0 unspecified atom stereocenters. The summed E-state index contributed by atoms with van der Waals surface area (Å²) in [6, 6.07) is 8.60. The van der Waals surface area contributed by atoms with Crippen molar-refractivity contribution in [2.45, 2.75) is 38.8 Å². The van der Waals surface area contributed by atoms with E-state index in [4.69, 9.17) is 27.6 Å². The lowest BCUT2D eigenvalue weighted by molar-refractivity contribution is 0.151. The van der Waals surface area contributed by atoms with E-state index < -0.39 is 0 Å². The predicted molar refractivity (Wildman–Crippen MR) is 113 cm³/mol. The number of piperidine rings is 1. The van der Waals surface area contributed by atoms with Gasteiger partial charge in [-0.25, -0.2) is 0 Å². The Morgan fingerprint density at radius 3 is 2.75 bits per heavy atom. The van der Waals surface area contributed by atoms with Gasteiger partial charge in [0.1, 0.15) is 17.6 Å². The van der Waals surface area contributed by atoms with Gasteiger partial charge in [-0.1, -0.05) is 35.7 Å². The molecular weight excluding hydrogens is 397 g/mol. The molecule has 1 aliphatic rings. The molecule has 4 nitrogen and oxygen atoms in total. The average Bonchev–Trinajstić information content (AvgIpc) is 2.66. The lowest BCUT2D eigenvalue weighted by Gasteiger charge is -2.33. The van der Waals surface area contributed by atoms with Crippen LogP contribution in [0.4, 0.5) is 0 Å². The monoisotopic (exact) mass is 417 g/mol. The second-order valence-electron chi connectivity index (χ2n) is 7.36. The Kier molecular flexibility index (Phi) is 5.37. The molecule has 0 amide bonds. The molecule has 0 radical (unpaired) electrons. The summed E-state index contributed by atoms with van der Waals surface area (Å²) >= 11 is 12.2. The highest BCUT2D eigenvalue weighted by molar-refractivity contribution is 6.36. The first-order valence-corrected chi connectivity index (χ1v) is 10.2. The van der Waals surface area contributed by atoms with Gasteiger partial charge >= 0.3 is 0 Å². The SMILES string of the molecule is C[C@@H]1CCCCN1Cc1c(O)ccc2c(=O)c(-c3ccc(Cl)cc3Cl)coc12. The van der Waals surface area contributed by atoms with Crippen LogP contribution in [0.1, 0.15) is 31.7 Å². The molecular formula is C22H21Cl2NO3. The van der Waals surface area contributed by atoms with E-state index in [9.17, 15) is 9.90 Å². The van der Waals surface area contributed by atoms with Crippen molar-refractivity contribution in [2.75, 3.05) is 6.54 Å². The van der Waals surface area contributed by atoms with Crippen molar-refractivity contribution in [2.24, 2.45) is 0 Å². The van der Waals surface area contributed by atoms with Crippen LogP contribution in [0.3, 0.4) is 0 Å². The van der Waals surface area contributed by atoms with Crippen LogP contribution in [-0.2, 0) is 6.54 Å². The maximum Gasteiger partial charge on any atom is 0.200 e. The largest absolute Gasteiger partial charge is 0.507 e. The minimum absolute atomic E-state index is 0.144. The number of aromatic hydroxyl groups is 1. The number of likely N-dealkylation sites (tertiary alicyclic amines) is 1. The van der Waals surface area contributed by atoms with Crippen LogP contribution in [0.25, 0.3) is 22.1 Å². The number of nitrogens with zero attached hydrogens (tertiary/aromatic N) is 1. The van der Waals surface area contributed by atoms with Gasteiger partial charge in [-0.2, -0.15) is 0 Å². The van der Waals surface area contributed by atoms with Crippen LogP contribution >= 0.6 is 23.2 Å². The fraction of sp³-hybridized carbons (Fsp3) is 0.318. The zero-order chi connectivity index (χ0) is 19.8. The molecule has 1 aromatic heterocycles. The number of fused-ring (bicyclic) bond motifs is 1. The fourth-order valence-electron chi connectivity index (χ4n) is 3.89. The molecule has 0 bridgehead atoms. The summed E-state index contributed by atoms with van der Waals surface area (Å²) < 4.78 is 5.87. The molecule has 2 aromatic carbocycles. The quantitative estimate of drug-likeness (QED) is 0.580. The second-order valence-corrected chi connectivity index (χ2v) is 8.20. The van der Waals surface area contributed by atoms with Gasteiger partial charge in [0.15, 0.2) is 0 Å². The lowest BCUT2D eigenvalue weighted by atomic mass is 10.0. The number of phenolic OH excluding ortho intramolecular Hbond substituents is 1. The second kappa shape index (κ2) is 7.78. The molecule has 4 rings (SSSR count). The number of benzene rings is 2. The van der Waals surface area contributed by atoms with Gasteiger partial charge in [0.25, 0.3) is 0 Å². The molecule has 146 valence electrons. The maximum absolute atomic E-state index is 13.1. The lowest BCUT2D eigenvalue weighted by Crippen LogP contribution is -2.36. The first-order chi connectivity index (χ1) is 13.5. The van der Waals surface area contributed by atoms with E-state index in [0.29, 0.717) is 50.3 Å². The Morgan fingerprint density at radius 1 is 1.18 bits per heavy atom. The van der Waals surface area contributed by atoms with Crippen LogP contribution in [0.5, 0.6) is 5.75 Å². The molecule has 1 fully saturated rings. The number of hydrogen-bond acceptors (Lipinski definition) is 4. The summed E-state index contributed by atoms with van der Waals surface area (Å²) in [5.41, 5.74) is 1.84. The Labute approximate surface area is 173 Å². The van der Waals surface area contributed by atoms with E-state index in [1.165, 1.54) is 12.7 Å². The van der Waals surface area contributed by atoms with Crippen molar-refractivity contribution in [3.63, 3.8) is 0 Å². The van der Waals surface area contributed by atoms with Crippen LogP contribution < -0.4 is 5.43 Å². The Hall–Kier alpha value is -2.01. The predicted octanol–water partition coefficient (Wildman–Crippen LogP) is 5.85. The van der Waals surface area contributed by atoms with E-state index >= 15 is 0 Å². The van der Waals surface area contributed by atoms with Crippen molar-refractivity contribution in [3.8, 4) is 16.9 Å². The molecule has 1 N–H and O–H groups in total. The van der Waals surface area contributed by atoms with Crippen molar-refractivity contribution in [1.29, 1.82) is 0 Å². The summed E-state index contributed by atoms with van der Waals surface area (Å²) in [5, 5.41) is 11.8. The first kappa shape index (κ1) is 19.3. The third-order valence-electron chi connectivity index (χ3n) is 5.54. The van der Waals surface area contributed by atoms with Gasteiger partial charge < -0.3 is 9.52 Å². The zero-order valence-electron chi connectivity index (χ0n) is 15.5. The topological polar surface area (TPSA) is 53.7 Å². The van der Waals surface area contributed by atoms with Crippen LogP contribution in [-0.4, -0.2) is 22.6 Å². The van der Waals surface area contributed by atoms with Crippen molar-refractivity contribution >= 4 is 34.2 Å². The fourth-order valence-corrected chi connectivity index (χ4v) is 4.40. The summed E-state index contributed by atoms with van der Waals surface area (Å²) in [5.74, 6) is 0.144. The van der Waals surface area contributed by atoms with Gasteiger partial charge in [0.2, 0.25) is 5.43 Å². The van der Waals surface area contributed by atoms with Gasteiger partial charge in [-0.3, -0.25) is 9.69 Å². The van der Waals surface area contributed by atoms with E-state index in [1.54, 1.807) is 30.3 Å². The average molecular weight is 418 g/mol. The highest BCUT2D eigenvalue weighted by atomic mass is 35.5. The van der Waals surface area contributed by atoms with Gasteiger partial charge in [-0.15, -0.1) is 0 Å². The van der Waals surface area contributed by atoms with Crippen LogP contribution in [0.15, 0.2) is 45.8 Å². The van der Waals surface area contributed by atoms with Crippen molar-refractivity contribution in [1.82, 2.24) is 4.90 Å². The smallest absolute Gasteiger partial charge is 0.200 e. The molecule has 6 heteroatoms. The Bertz CT molecular complexity index is 1090. The summed E-state index contributed by atoms with van der Waals surface area (Å²) in [6.45, 7) is 3.71. The van der Waals surface area contributed by atoms with E-state index in [2.05, 4.69) is 11.8 Å². The minimum Gasteiger partial charge on any atom is -0.507 e. The number of halogens is 2. The van der Waals surface area contributed by atoms with Gasteiger partial charge in [-0.05, 0) is 50.6 Å². The molecule has 1 aliphatic heterocycles. The zero-order valence-corrected chi connectivity index (χ0v) is 17.1. The van der Waals surface area contributed by atoms with Crippen LogP contribution in [0, 0.1) is 0 Å². The Morgan fingerprint density at radius 2 is 2.00 bits per heavy atom. The van der Waals surface area contributed by atoms with E-state index in [1.807, 2.05) is 0 Å². The summed E-state index contributed by atoms with van der Waals surface area (Å²) in [7, 11) is 0. The molecule has 1 atom stereocenters. The molecule has 2 heterocycles. The molecule has 0 aliphatic carbocycles. The normalized spacial score (nSPS) is 17.9. The number of hydrogen-bond donors (Lipinski definition) is 1. The summed E-state index contributed by atoms with van der Waals surface area (Å²) in [4.78, 5) is 15.5. The number of rotatable bonds is 3.